The molecule has 0 saturated carbocycles. The average molecular weight is 357 g/mol. The van der Waals surface area contributed by atoms with Crippen LogP contribution in [-0.2, 0) is 14.3 Å². The third-order valence-electron chi connectivity index (χ3n) is 3.76. The number of carbonyl (C=O) groups is 1. The molecule has 1 heterocycles. The smallest absolute Gasteiger partial charge is 0.303 e. The van der Waals surface area contributed by atoms with Gasteiger partial charge in [0.1, 0.15) is 12.7 Å². The first-order valence-corrected chi connectivity index (χ1v) is 7.99. The molecule has 1 aliphatic heterocycles. The zero-order valence-corrected chi connectivity index (χ0v) is 14.7. The van der Waals surface area contributed by atoms with Gasteiger partial charge in [-0.05, 0) is 43.2 Å². The second-order valence-corrected chi connectivity index (χ2v) is 5.67. The standard InChI is InChI=1S/C17H24N2O4.ClH/c1-14(20)23-16(12-19-10-6-3-7-11-19)13-22-17(18-21)15-8-4-2-5-9-15;/h2,4-5,8-9,16,21H,3,6-7,10-13H2,1H3;1H. The summed E-state index contributed by atoms with van der Waals surface area (Å²) in [6.45, 7) is 4.20. The molecule has 1 atom stereocenters. The van der Waals surface area contributed by atoms with Gasteiger partial charge in [-0.15, -0.1) is 12.4 Å². The van der Waals surface area contributed by atoms with Gasteiger partial charge < -0.3 is 14.7 Å². The van der Waals surface area contributed by atoms with Crippen LogP contribution < -0.4 is 0 Å². The van der Waals surface area contributed by atoms with E-state index in [4.69, 9.17) is 14.7 Å². The van der Waals surface area contributed by atoms with Gasteiger partial charge in [0.15, 0.2) is 0 Å². The highest BCUT2D eigenvalue weighted by atomic mass is 35.5. The lowest BCUT2D eigenvalue weighted by atomic mass is 10.1. The van der Waals surface area contributed by atoms with E-state index in [1.54, 1.807) is 12.1 Å². The number of esters is 1. The van der Waals surface area contributed by atoms with E-state index in [0.29, 0.717) is 12.1 Å². The van der Waals surface area contributed by atoms with Crippen molar-refractivity contribution in [2.45, 2.75) is 32.3 Å². The molecule has 2 rings (SSSR count). The van der Waals surface area contributed by atoms with Crippen molar-refractivity contribution in [1.29, 1.82) is 0 Å². The zero-order valence-electron chi connectivity index (χ0n) is 13.9. The number of piperidine rings is 1. The molecule has 0 radical (unpaired) electrons. The largest absolute Gasteiger partial charge is 0.471 e. The average Bonchev–Trinajstić information content (AvgIpc) is 2.56. The minimum absolute atomic E-state index is 0. The Balaban J connectivity index is 0.00000288. The first-order chi connectivity index (χ1) is 11.2. The second kappa shape index (κ2) is 10.9. The fourth-order valence-electron chi connectivity index (χ4n) is 2.71. The predicted octanol–water partition coefficient (Wildman–Crippen LogP) is 2.68. The highest BCUT2D eigenvalue weighted by Gasteiger charge is 2.20. The van der Waals surface area contributed by atoms with Crippen LogP contribution in [0.25, 0.3) is 0 Å². The van der Waals surface area contributed by atoms with Crippen molar-refractivity contribution in [2.24, 2.45) is 5.16 Å². The number of nitrogens with zero attached hydrogens (tertiary/aromatic N) is 2. The molecule has 1 saturated heterocycles. The molecule has 1 aliphatic rings. The van der Waals surface area contributed by atoms with Crippen molar-refractivity contribution < 1.29 is 19.5 Å². The van der Waals surface area contributed by atoms with E-state index < -0.39 is 0 Å². The van der Waals surface area contributed by atoms with E-state index in [0.717, 1.165) is 13.1 Å². The fourth-order valence-corrected chi connectivity index (χ4v) is 2.71. The molecule has 0 bridgehead atoms. The number of ether oxygens (including phenoxy) is 2. The molecule has 6 nitrogen and oxygen atoms in total. The summed E-state index contributed by atoms with van der Waals surface area (Å²) in [5.74, 6) is -0.209. The maximum atomic E-state index is 11.3. The molecular formula is C17H25ClN2O4. The number of hydrogen-bond donors (Lipinski definition) is 1. The lowest BCUT2D eigenvalue weighted by molar-refractivity contribution is -0.149. The monoisotopic (exact) mass is 356 g/mol. The Morgan fingerprint density at radius 2 is 1.92 bits per heavy atom. The quantitative estimate of drug-likeness (QED) is 0.279. The fraction of sp³-hybridized carbons (Fsp3) is 0.529. The Labute approximate surface area is 148 Å². The summed E-state index contributed by atoms with van der Waals surface area (Å²) in [6.07, 6.45) is 3.20. The lowest BCUT2D eigenvalue weighted by Gasteiger charge is -2.30. The molecule has 1 aromatic carbocycles. The van der Waals surface area contributed by atoms with E-state index in [2.05, 4.69) is 10.1 Å². The molecule has 0 amide bonds. The van der Waals surface area contributed by atoms with E-state index >= 15 is 0 Å². The van der Waals surface area contributed by atoms with Crippen LogP contribution in [0.1, 0.15) is 31.7 Å². The summed E-state index contributed by atoms with van der Waals surface area (Å²) in [4.78, 5) is 13.6. The van der Waals surface area contributed by atoms with E-state index in [9.17, 15) is 4.79 Å². The number of hydrogen-bond acceptors (Lipinski definition) is 6. The molecular weight excluding hydrogens is 332 g/mol. The molecule has 1 fully saturated rings. The van der Waals surface area contributed by atoms with Crippen LogP contribution in [0, 0.1) is 0 Å². The number of benzene rings is 1. The molecule has 1 aromatic rings. The van der Waals surface area contributed by atoms with Gasteiger partial charge in [0.05, 0.1) is 0 Å². The highest BCUT2D eigenvalue weighted by molar-refractivity contribution is 5.93. The van der Waals surface area contributed by atoms with Gasteiger partial charge in [-0.1, -0.05) is 24.6 Å². The number of likely N-dealkylation sites (tertiary alicyclic amines) is 1. The van der Waals surface area contributed by atoms with Gasteiger partial charge in [-0.25, -0.2) is 0 Å². The molecule has 0 aromatic heterocycles. The van der Waals surface area contributed by atoms with Crippen molar-refractivity contribution in [3.63, 3.8) is 0 Å². The summed E-state index contributed by atoms with van der Waals surface area (Å²) in [5.41, 5.74) is 0.676. The summed E-state index contributed by atoms with van der Waals surface area (Å²) in [6, 6.07) is 9.12. The Morgan fingerprint density at radius 3 is 2.50 bits per heavy atom. The van der Waals surface area contributed by atoms with Gasteiger partial charge in [0, 0.05) is 19.0 Å². The number of halogens is 1. The van der Waals surface area contributed by atoms with Crippen LogP contribution in [0.15, 0.2) is 35.5 Å². The summed E-state index contributed by atoms with van der Waals surface area (Å²) >= 11 is 0. The van der Waals surface area contributed by atoms with Gasteiger partial charge >= 0.3 is 5.97 Å². The summed E-state index contributed by atoms with van der Waals surface area (Å²) in [7, 11) is 0. The van der Waals surface area contributed by atoms with Gasteiger partial charge in [0.2, 0.25) is 0 Å². The highest BCUT2D eigenvalue weighted by Crippen LogP contribution is 2.11. The van der Waals surface area contributed by atoms with Crippen molar-refractivity contribution in [2.75, 3.05) is 26.2 Å². The maximum Gasteiger partial charge on any atom is 0.303 e. The minimum atomic E-state index is -0.383. The van der Waals surface area contributed by atoms with Gasteiger partial charge in [0.25, 0.3) is 5.90 Å². The van der Waals surface area contributed by atoms with Crippen LogP contribution in [0.5, 0.6) is 0 Å². The van der Waals surface area contributed by atoms with E-state index in [-0.39, 0.29) is 37.0 Å². The maximum absolute atomic E-state index is 11.3. The molecule has 0 spiro atoms. The lowest BCUT2D eigenvalue weighted by Crippen LogP contribution is -2.40. The number of carbonyl (C=O) groups excluding carboxylic acids is 1. The second-order valence-electron chi connectivity index (χ2n) is 5.67. The first kappa shape index (κ1) is 20.3. The third kappa shape index (κ3) is 6.76. The molecule has 7 heteroatoms. The van der Waals surface area contributed by atoms with Crippen LogP contribution in [-0.4, -0.2) is 54.3 Å². The predicted molar refractivity (Wildman–Crippen MR) is 93.8 cm³/mol. The first-order valence-electron chi connectivity index (χ1n) is 7.99. The molecule has 1 unspecified atom stereocenters. The van der Waals surface area contributed by atoms with Gasteiger partial charge in [-0.3, -0.25) is 9.69 Å². The molecule has 0 aliphatic carbocycles. The van der Waals surface area contributed by atoms with E-state index in [1.807, 2.05) is 18.2 Å². The molecule has 24 heavy (non-hydrogen) atoms. The molecule has 134 valence electrons. The Kier molecular flexibility index (Phi) is 9.19. The Morgan fingerprint density at radius 1 is 1.25 bits per heavy atom. The Hall–Kier alpha value is -1.79. The van der Waals surface area contributed by atoms with Crippen LogP contribution in [0.2, 0.25) is 0 Å². The Bertz CT molecular complexity index is 519. The topological polar surface area (TPSA) is 71.4 Å². The van der Waals surface area contributed by atoms with Gasteiger partial charge in [-0.2, -0.15) is 0 Å². The SMILES string of the molecule is CC(=O)OC(COC(=NO)c1ccccc1)CN1CCCCC1.Cl. The van der Waals surface area contributed by atoms with Crippen molar-refractivity contribution in [1.82, 2.24) is 4.90 Å². The third-order valence-corrected chi connectivity index (χ3v) is 3.76. The van der Waals surface area contributed by atoms with Crippen LogP contribution in [0.4, 0.5) is 0 Å². The van der Waals surface area contributed by atoms with Crippen molar-refractivity contribution >= 4 is 24.3 Å². The van der Waals surface area contributed by atoms with Crippen LogP contribution >= 0.6 is 12.4 Å². The van der Waals surface area contributed by atoms with E-state index in [1.165, 1.54) is 26.2 Å². The summed E-state index contributed by atoms with van der Waals surface area (Å²) < 4.78 is 10.9. The number of oxime groups is 1. The van der Waals surface area contributed by atoms with Crippen molar-refractivity contribution in [3.05, 3.63) is 35.9 Å². The molecule has 1 N–H and O–H groups in total. The minimum Gasteiger partial charge on any atom is -0.471 e. The zero-order chi connectivity index (χ0) is 16.5. The van der Waals surface area contributed by atoms with Crippen LogP contribution in [0.3, 0.4) is 0 Å². The summed E-state index contributed by atoms with van der Waals surface area (Å²) in [5, 5.41) is 12.3. The normalized spacial score (nSPS) is 16.8. The number of rotatable bonds is 6. The van der Waals surface area contributed by atoms with Crippen molar-refractivity contribution in [3.8, 4) is 0 Å².